The molecule has 0 bridgehead atoms. The SMILES string of the molecule is COC(=O)CCC/C=C\C[C@@H]1C(O)CCN1C(=O)O. The van der Waals surface area contributed by atoms with Gasteiger partial charge in [0.1, 0.15) is 0 Å². The normalized spacial score (nSPS) is 22.9. The predicted molar refractivity (Wildman–Crippen MR) is 68.8 cm³/mol. The summed E-state index contributed by atoms with van der Waals surface area (Å²) in [4.78, 5) is 23.1. The van der Waals surface area contributed by atoms with Crippen LogP contribution >= 0.6 is 0 Å². The van der Waals surface area contributed by atoms with E-state index in [1.54, 1.807) is 0 Å². The maximum Gasteiger partial charge on any atom is 0.407 e. The Labute approximate surface area is 112 Å². The van der Waals surface area contributed by atoms with Crippen molar-refractivity contribution >= 4 is 12.1 Å². The van der Waals surface area contributed by atoms with E-state index in [2.05, 4.69) is 4.74 Å². The lowest BCUT2D eigenvalue weighted by Gasteiger charge is -2.22. The van der Waals surface area contributed by atoms with Crippen LogP contribution in [0.4, 0.5) is 4.79 Å². The van der Waals surface area contributed by atoms with E-state index in [0.29, 0.717) is 32.2 Å². The minimum Gasteiger partial charge on any atom is -0.469 e. The summed E-state index contributed by atoms with van der Waals surface area (Å²) in [7, 11) is 1.36. The van der Waals surface area contributed by atoms with Crippen LogP contribution in [0, 0.1) is 0 Å². The number of likely N-dealkylation sites (tertiary alicyclic amines) is 1. The summed E-state index contributed by atoms with van der Waals surface area (Å²) in [5.74, 6) is -0.225. The number of amides is 1. The van der Waals surface area contributed by atoms with Gasteiger partial charge in [0.2, 0.25) is 0 Å². The molecule has 1 aliphatic rings. The van der Waals surface area contributed by atoms with Crippen molar-refractivity contribution in [3.8, 4) is 0 Å². The number of aliphatic hydroxyl groups excluding tert-OH is 1. The van der Waals surface area contributed by atoms with Crippen LogP contribution in [0.3, 0.4) is 0 Å². The van der Waals surface area contributed by atoms with Gasteiger partial charge in [0.25, 0.3) is 0 Å². The average molecular weight is 271 g/mol. The molecular formula is C13H21NO5. The Bertz CT molecular complexity index is 342. The van der Waals surface area contributed by atoms with Gasteiger partial charge < -0.3 is 19.8 Å². The number of carbonyl (C=O) groups excluding carboxylic acids is 1. The maximum absolute atomic E-state index is 10.9. The number of hydrogen-bond acceptors (Lipinski definition) is 4. The van der Waals surface area contributed by atoms with Gasteiger partial charge in [0, 0.05) is 13.0 Å². The summed E-state index contributed by atoms with van der Waals surface area (Å²) in [6.45, 7) is 0.386. The topological polar surface area (TPSA) is 87.1 Å². The van der Waals surface area contributed by atoms with Crippen LogP contribution in [-0.2, 0) is 9.53 Å². The number of aliphatic hydroxyl groups is 1. The Balaban J connectivity index is 2.26. The summed E-state index contributed by atoms with van der Waals surface area (Å²) in [6, 6.07) is -0.352. The van der Waals surface area contributed by atoms with Gasteiger partial charge in [0.05, 0.1) is 19.3 Å². The van der Waals surface area contributed by atoms with E-state index >= 15 is 0 Å². The summed E-state index contributed by atoms with van der Waals surface area (Å²) in [6.07, 6.45) is 5.04. The zero-order valence-electron chi connectivity index (χ0n) is 11.1. The molecule has 1 heterocycles. The van der Waals surface area contributed by atoms with E-state index in [9.17, 15) is 14.7 Å². The molecule has 1 aliphatic heterocycles. The number of hydrogen-bond donors (Lipinski definition) is 2. The molecule has 1 amide bonds. The van der Waals surface area contributed by atoms with Gasteiger partial charge >= 0.3 is 12.1 Å². The molecule has 0 aliphatic carbocycles. The summed E-state index contributed by atoms with van der Waals surface area (Å²) < 4.78 is 4.52. The lowest BCUT2D eigenvalue weighted by atomic mass is 10.1. The van der Waals surface area contributed by atoms with Gasteiger partial charge in [-0.15, -0.1) is 0 Å². The van der Waals surface area contributed by atoms with Gasteiger partial charge in [-0.2, -0.15) is 0 Å². The zero-order chi connectivity index (χ0) is 14.3. The third-order valence-electron chi connectivity index (χ3n) is 3.28. The first-order chi connectivity index (χ1) is 9.06. The van der Waals surface area contributed by atoms with Crippen LogP contribution < -0.4 is 0 Å². The number of rotatable bonds is 6. The lowest BCUT2D eigenvalue weighted by Crippen LogP contribution is -2.38. The van der Waals surface area contributed by atoms with Gasteiger partial charge in [-0.1, -0.05) is 12.2 Å². The van der Waals surface area contributed by atoms with Crippen molar-refractivity contribution in [2.24, 2.45) is 0 Å². The molecule has 2 N–H and O–H groups in total. The summed E-state index contributed by atoms with van der Waals surface area (Å²) in [5, 5.41) is 18.7. The molecule has 1 unspecified atom stereocenters. The third-order valence-corrected chi connectivity index (χ3v) is 3.28. The molecular weight excluding hydrogens is 250 g/mol. The zero-order valence-corrected chi connectivity index (χ0v) is 11.1. The first kappa shape index (κ1) is 15.5. The number of nitrogens with zero attached hydrogens (tertiary/aromatic N) is 1. The Morgan fingerprint density at radius 3 is 2.79 bits per heavy atom. The molecule has 19 heavy (non-hydrogen) atoms. The minimum absolute atomic E-state index is 0.225. The highest BCUT2D eigenvalue weighted by atomic mass is 16.5. The smallest absolute Gasteiger partial charge is 0.407 e. The Kier molecular flexibility index (Phi) is 6.35. The van der Waals surface area contributed by atoms with Crippen LogP contribution in [0.25, 0.3) is 0 Å². The second-order valence-corrected chi connectivity index (χ2v) is 4.57. The Morgan fingerprint density at radius 1 is 1.42 bits per heavy atom. The number of methoxy groups -OCH3 is 1. The second kappa shape index (κ2) is 7.78. The number of carboxylic acid groups (broad SMARTS) is 1. The molecule has 0 aromatic rings. The van der Waals surface area contributed by atoms with Gasteiger partial charge in [-0.05, 0) is 25.7 Å². The van der Waals surface area contributed by atoms with Crippen LogP contribution in [0.1, 0.15) is 32.1 Å². The molecule has 0 radical (unpaired) electrons. The van der Waals surface area contributed by atoms with Crippen LogP contribution in [-0.4, -0.2) is 53.0 Å². The number of esters is 1. The third kappa shape index (κ3) is 4.90. The number of allylic oxidation sites excluding steroid dienone is 1. The van der Waals surface area contributed by atoms with Crippen molar-refractivity contribution < 1.29 is 24.5 Å². The first-order valence-corrected chi connectivity index (χ1v) is 6.45. The van der Waals surface area contributed by atoms with E-state index in [1.807, 2.05) is 12.2 Å². The molecule has 0 aromatic carbocycles. The van der Waals surface area contributed by atoms with E-state index in [1.165, 1.54) is 12.0 Å². The molecule has 0 aromatic heterocycles. The van der Waals surface area contributed by atoms with Crippen LogP contribution in [0.2, 0.25) is 0 Å². The lowest BCUT2D eigenvalue weighted by molar-refractivity contribution is -0.140. The fraction of sp³-hybridized carbons (Fsp3) is 0.692. The molecule has 6 nitrogen and oxygen atoms in total. The summed E-state index contributed by atoms with van der Waals surface area (Å²) in [5.41, 5.74) is 0. The Morgan fingerprint density at radius 2 is 2.16 bits per heavy atom. The van der Waals surface area contributed by atoms with E-state index < -0.39 is 12.2 Å². The maximum atomic E-state index is 10.9. The predicted octanol–water partition coefficient (Wildman–Crippen LogP) is 1.39. The molecule has 2 atom stereocenters. The van der Waals surface area contributed by atoms with Gasteiger partial charge in [-0.25, -0.2) is 4.79 Å². The largest absolute Gasteiger partial charge is 0.469 e. The van der Waals surface area contributed by atoms with Crippen molar-refractivity contribution in [1.29, 1.82) is 0 Å². The molecule has 1 saturated heterocycles. The molecule has 1 rings (SSSR count). The Hall–Kier alpha value is -1.56. The minimum atomic E-state index is -0.986. The van der Waals surface area contributed by atoms with Crippen molar-refractivity contribution in [2.75, 3.05) is 13.7 Å². The van der Waals surface area contributed by atoms with Crippen LogP contribution in [0.15, 0.2) is 12.2 Å². The molecule has 108 valence electrons. The summed E-state index contributed by atoms with van der Waals surface area (Å²) >= 11 is 0. The molecule has 0 spiro atoms. The molecule has 0 saturated carbocycles. The highest BCUT2D eigenvalue weighted by molar-refractivity contribution is 5.69. The van der Waals surface area contributed by atoms with Crippen molar-refractivity contribution in [2.45, 2.75) is 44.2 Å². The van der Waals surface area contributed by atoms with Gasteiger partial charge in [0.15, 0.2) is 0 Å². The fourth-order valence-electron chi connectivity index (χ4n) is 2.18. The van der Waals surface area contributed by atoms with E-state index in [0.717, 1.165) is 6.42 Å². The average Bonchev–Trinajstić information content (AvgIpc) is 2.75. The quantitative estimate of drug-likeness (QED) is 0.433. The number of ether oxygens (including phenoxy) is 1. The van der Waals surface area contributed by atoms with E-state index in [4.69, 9.17) is 5.11 Å². The molecule has 1 fully saturated rings. The van der Waals surface area contributed by atoms with Crippen molar-refractivity contribution in [1.82, 2.24) is 4.90 Å². The molecule has 6 heteroatoms. The van der Waals surface area contributed by atoms with Gasteiger partial charge in [-0.3, -0.25) is 4.79 Å². The van der Waals surface area contributed by atoms with Crippen molar-refractivity contribution in [3.05, 3.63) is 12.2 Å². The number of unbranched alkanes of at least 4 members (excludes halogenated alkanes) is 1. The fourth-order valence-corrected chi connectivity index (χ4v) is 2.18. The highest BCUT2D eigenvalue weighted by Gasteiger charge is 2.34. The standard InChI is InChI=1S/C13H21NO5/c1-19-12(16)7-5-3-2-4-6-10-11(15)8-9-14(10)13(17)18/h2,4,10-11,15H,3,5-9H2,1H3,(H,17,18)/b4-2-/t10-,11?/m1/s1. The number of carbonyl (C=O) groups is 2. The highest BCUT2D eigenvalue weighted by Crippen LogP contribution is 2.21. The van der Waals surface area contributed by atoms with E-state index in [-0.39, 0.29) is 12.0 Å². The first-order valence-electron chi connectivity index (χ1n) is 6.45. The monoisotopic (exact) mass is 271 g/mol. The van der Waals surface area contributed by atoms with Crippen LogP contribution in [0.5, 0.6) is 0 Å². The van der Waals surface area contributed by atoms with Crippen molar-refractivity contribution in [3.63, 3.8) is 0 Å². The second-order valence-electron chi connectivity index (χ2n) is 4.57.